The molecular weight excluding hydrogens is 298 g/mol. The molecule has 0 radical (unpaired) electrons. The number of hydrogen-bond donors (Lipinski definition) is 2. The van der Waals surface area contributed by atoms with E-state index in [1.807, 2.05) is 0 Å². The Balaban J connectivity index is 1.58. The highest BCUT2D eigenvalue weighted by Gasteiger charge is 2.36. The quantitative estimate of drug-likeness (QED) is 0.751. The normalized spacial score (nSPS) is 29.6. The molecule has 0 spiro atoms. The Bertz CT molecular complexity index is 545. The van der Waals surface area contributed by atoms with E-state index in [1.165, 1.54) is 37.7 Å². The van der Waals surface area contributed by atoms with Gasteiger partial charge in [0.05, 0.1) is 6.61 Å². The highest BCUT2D eigenvalue weighted by molar-refractivity contribution is 5.36. The Morgan fingerprint density at radius 1 is 1.29 bits per heavy atom. The maximum Gasteiger partial charge on any atom is 0.0611 e. The summed E-state index contributed by atoms with van der Waals surface area (Å²) in [4.78, 5) is 0. The Morgan fingerprint density at radius 3 is 2.92 bits per heavy atom. The summed E-state index contributed by atoms with van der Waals surface area (Å²) >= 11 is 0. The summed E-state index contributed by atoms with van der Waals surface area (Å²) in [5.41, 5.74) is 10.4. The standard InChI is InChI=1S/C21H33NO2/c1-2-24-11-3-4-16-5-6-18-13-19(8-7-17(18)12-16)20-9-10-21(22,14-20)15-23/h7-8,13,16,20,23H,2-6,9-12,14-15,22H2,1H3/t16-,20+,21-/m1/s1. The van der Waals surface area contributed by atoms with Crippen LogP contribution in [-0.4, -0.2) is 30.5 Å². The first-order valence-corrected chi connectivity index (χ1v) is 9.73. The molecule has 0 saturated heterocycles. The third kappa shape index (κ3) is 4.19. The largest absolute Gasteiger partial charge is 0.394 e. The molecule has 3 atom stereocenters. The SMILES string of the molecule is CCOCCC[C@@H]1CCc2cc([C@H]3CC[C@](N)(CO)C3)ccc2C1. The van der Waals surface area contributed by atoms with Crippen molar-refractivity contribution in [1.29, 1.82) is 0 Å². The van der Waals surface area contributed by atoms with Crippen molar-refractivity contribution in [3.63, 3.8) is 0 Å². The van der Waals surface area contributed by atoms with Crippen LogP contribution in [0.5, 0.6) is 0 Å². The highest BCUT2D eigenvalue weighted by Crippen LogP contribution is 2.40. The molecule has 134 valence electrons. The predicted molar refractivity (Wildman–Crippen MR) is 98.3 cm³/mol. The highest BCUT2D eigenvalue weighted by atomic mass is 16.5. The molecule has 0 unspecified atom stereocenters. The van der Waals surface area contributed by atoms with Gasteiger partial charge in [0.25, 0.3) is 0 Å². The number of aryl methyl sites for hydroxylation is 1. The molecule has 3 heteroatoms. The molecule has 1 saturated carbocycles. The van der Waals surface area contributed by atoms with E-state index in [2.05, 4.69) is 25.1 Å². The molecule has 0 heterocycles. The van der Waals surface area contributed by atoms with Gasteiger partial charge in [0, 0.05) is 18.8 Å². The van der Waals surface area contributed by atoms with E-state index in [0.717, 1.165) is 38.4 Å². The molecule has 3 rings (SSSR count). The van der Waals surface area contributed by atoms with Crippen LogP contribution in [0.1, 0.15) is 68.1 Å². The lowest BCUT2D eigenvalue weighted by Gasteiger charge is -2.26. The second-order valence-corrected chi connectivity index (χ2v) is 7.94. The van der Waals surface area contributed by atoms with Crippen LogP contribution in [0.25, 0.3) is 0 Å². The Hall–Kier alpha value is -0.900. The zero-order valence-corrected chi connectivity index (χ0v) is 15.1. The number of benzene rings is 1. The summed E-state index contributed by atoms with van der Waals surface area (Å²) in [5.74, 6) is 1.35. The van der Waals surface area contributed by atoms with Crippen LogP contribution in [0.4, 0.5) is 0 Å². The molecular formula is C21H33NO2. The third-order valence-electron chi connectivity index (χ3n) is 6.10. The zero-order valence-electron chi connectivity index (χ0n) is 15.1. The van der Waals surface area contributed by atoms with E-state index in [9.17, 15) is 5.11 Å². The second-order valence-electron chi connectivity index (χ2n) is 7.94. The van der Waals surface area contributed by atoms with E-state index in [1.54, 1.807) is 11.1 Å². The van der Waals surface area contributed by atoms with E-state index in [4.69, 9.17) is 10.5 Å². The van der Waals surface area contributed by atoms with Crippen LogP contribution >= 0.6 is 0 Å². The number of hydrogen-bond acceptors (Lipinski definition) is 3. The molecule has 0 aliphatic heterocycles. The van der Waals surface area contributed by atoms with Crippen molar-refractivity contribution in [1.82, 2.24) is 0 Å². The molecule has 0 aromatic heterocycles. The van der Waals surface area contributed by atoms with Gasteiger partial charge in [-0.05, 0) is 86.8 Å². The zero-order chi connectivity index (χ0) is 17.0. The fraction of sp³-hybridized carbons (Fsp3) is 0.714. The van der Waals surface area contributed by atoms with Crippen LogP contribution in [0.15, 0.2) is 18.2 Å². The predicted octanol–water partition coefficient (Wildman–Crippen LogP) is 3.57. The number of nitrogens with two attached hydrogens (primary N) is 1. The summed E-state index contributed by atoms with van der Waals surface area (Å²) in [6.07, 6.45) is 9.19. The number of aliphatic hydroxyl groups is 1. The summed E-state index contributed by atoms with van der Waals surface area (Å²) in [5, 5.41) is 9.48. The third-order valence-corrected chi connectivity index (χ3v) is 6.10. The minimum Gasteiger partial charge on any atom is -0.394 e. The number of ether oxygens (including phenoxy) is 1. The molecule has 2 aliphatic rings. The van der Waals surface area contributed by atoms with E-state index in [-0.39, 0.29) is 12.1 Å². The molecule has 3 nitrogen and oxygen atoms in total. The Labute approximate surface area is 146 Å². The van der Waals surface area contributed by atoms with Gasteiger partial charge < -0.3 is 15.6 Å². The maximum atomic E-state index is 9.48. The molecule has 2 aliphatic carbocycles. The first kappa shape index (κ1) is 17.9. The molecule has 0 amide bonds. The van der Waals surface area contributed by atoms with Crippen LogP contribution in [-0.2, 0) is 17.6 Å². The smallest absolute Gasteiger partial charge is 0.0611 e. The van der Waals surface area contributed by atoms with Gasteiger partial charge in [-0.3, -0.25) is 0 Å². The topological polar surface area (TPSA) is 55.5 Å². The molecule has 0 bridgehead atoms. The lowest BCUT2D eigenvalue weighted by molar-refractivity contribution is 0.138. The van der Waals surface area contributed by atoms with Crippen molar-refractivity contribution >= 4 is 0 Å². The van der Waals surface area contributed by atoms with Crippen molar-refractivity contribution in [3.05, 3.63) is 34.9 Å². The van der Waals surface area contributed by atoms with Crippen LogP contribution < -0.4 is 5.73 Å². The first-order chi connectivity index (χ1) is 11.6. The summed E-state index contributed by atoms with van der Waals surface area (Å²) < 4.78 is 5.46. The van der Waals surface area contributed by atoms with E-state index >= 15 is 0 Å². The minimum absolute atomic E-state index is 0.109. The average molecular weight is 332 g/mol. The van der Waals surface area contributed by atoms with Gasteiger partial charge in [0.15, 0.2) is 0 Å². The van der Waals surface area contributed by atoms with E-state index in [0.29, 0.717) is 5.92 Å². The fourth-order valence-electron chi connectivity index (χ4n) is 4.55. The minimum atomic E-state index is -0.355. The molecule has 3 N–H and O–H groups in total. The summed E-state index contributed by atoms with van der Waals surface area (Å²) in [7, 11) is 0. The Kier molecular flexibility index (Phi) is 5.96. The second kappa shape index (κ2) is 7.99. The molecule has 1 fully saturated rings. The van der Waals surface area contributed by atoms with Crippen LogP contribution in [0.2, 0.25) is 0 Å². The fourth-order valence-corrected chi connectivity index (χ4v) is 4.55. The van der Waals surface area contributed by atoms with Gasteiger partial charge in [-0.15, -0.1) is 0 Å². The average Bonchev–Trinajstić information content (AvgIpc) is 3.01. The van der Waals surface area contributed by atoms with Crippen LogP contribution in [0, 0.1) is 5.92 Å². The van der Waals surface area contributed by atoms with Gasteiger partial charge in [0.1, 0.15) is 0 Å². The maximum absolute atomic E-state index is 9.48. The molecule has 1 aromatic rings. The van der Waals surface area contributed by atoms with Crippen molar-refractivity contribution in [3.8, 4) is 0 Å². The lowest BCUT2D eigenvalue weighted by atomic mass is 9.80. The monoisotopic (exact) mass is 331 g/mol. The van der Waals surface area contributed by atoms with Gasteiger partial charge in [0.2, 0.25) is 0 Å². The van der Waals surface area contributed by atoms with Crippen molar-refractivity contribution in [2.75, 3.05) is 19.8 Å². The van der Waals surface area contributed by atoms with Gasteiger partial charge in [-0.25, -0.2) is 0 Å². The van der Waals surface area contributed by atoms with Crippen molar-refractivity contribution in [2.45, 2.75) is 69.7 Å². The molecule has 24 heavy (non-hydrogen) atoms. The molecule has 1 aromatic carbocycles. The van der Waals surface area contributed by atoms with Crippen molar-refractivity contribution < 1.29 is 9.84 Å². The summed E-state index contributed by atoms with van der Waals surface area (Å²) in [6, 6.07) is 7.10. The van der Waals surface area contributed by atoms with Gasteiger partial charge in [-0.1, -0.05) is 18.2 Å². The Morgan fingerprint density at radius 2 is 2.17 bits per heavy atom. The van der Waals surface area contributed by atoms with Gasteiger partial charge in [-0.2, -0.15) is 0 Å². The number of aliphatic hydroxyl groups excluding tert-OH is 1. The lowest BCUT2D eigenvalue weighted by Crippen LogP contribution is -2.40. The van der Waals surface area contributed by atoms with Gasteiger partial charge >= 0.3 is 0 Å². The number of fused-ring (bicyclic) bond motifs is 1. The number of rotatable bonds is 7. The van der Waals surface area contributed by atoms with Crippen molar-refractivity contribution in [2.24, 2.45) is 11.7 Å². The van der Waals surface area contributed by atoms with Crippen LogP contribution in [0.3, 0.4) is 0 Å². The summed E-state index contributed by atoms with van der Waals surface area (Å²) in [6.45, 7) is 3.91. The first-order valence-electron chi connectivity index (χ1n) is 9.73. The van der Waals surface area contributed by atoms with E-state index < -0.39 is 0 Å².